The molecule has 0 aromatic carbocycles. The lowest BCUT2D eigenvalue weighted by molar-refractivity contribution is 0.240. The zero-order valence-corrected chi connectivity index (χ0v) is 13.4. The van der Waals surface area contributed by atoms with Crippen LogP contribution in [0, 0.1) is 6.92 Å². The van der Waals surface area contributed by atoms with Gasteiger partial charge in [-0.2, -0.15) is 5.10 Å². The monoisotopic (exact) mass is 307 g/mol. The summed E-state index contributed by atoms with van der Waals surface area (Å²) < 4.78 is 1.76. The van der Waals surface area contributed by atoms with Gasteiger partial charge in [-0.1, -0.05) is 6.92 Å². The quantitative estimate of drug-likeness (QED) is 0.855. The Morgan fingerprint density at radius 2 is 2.24 bits per heavy atom. The number of carbonyl (C=O) groups is 1. The number of aromatic nitrogens is 3. The molecule has 0 radical (unpaired) electrons. The molecule has 2 rings (SSSR count). The Morgan fingerprint density at radius 1 is 1.43 bits per heavy atom. The second-order valence-electron chi connectivity index (χ2n) is 5.12. The molecule has 0 aliphatic heterocycles. The topological polar surface area (TPSA) is 71.8 Å². The predicted molar refractivity (Wildman–Crippen MR) is 83.6 cm³/mol. The van der Waals surface area contributed by atoms with E-state index in [1.165, 1.54) is 4.88 Å². The predicted octanol–water partition coefficient (Wildman–Crippen LogP) is 1.83. The molecule has 0 spiro atoms. The maximum atomic E-state index is 11.7. The second kappa shape index (κ2) is 7.21. The summed E-state index contributed by atoms with van der Waals surface area (Å²) in [4.78, 5) is 17.2. The van der Waals surface area contributed by atoms with Crippen LogP contribution in [0.2, 0.25) is 0 Å². The highest BCUT2D eigenvalue weighted by Crippen LogP contribution is 2.20. The lowest BCUT2D eigenvalue weighted by atomic mass is 10.2. The molecule has 2 aromatic heterocycles. The van der Waals surface area contributed by atoms with Crippen LogP contribution in [0.25, 0.3) is 0 Å². The van der Waals surface area contributed by atoms with Crippen LogP contribution in [0.15, 0.2) is 18.6 Å². The molecule has 21 heavy (non-hydrogen) atoms. The molecule has 0 saturated carbocycles. The zero-order chi connectivity index (χ0) is 15.2. The average Bonchev–Trinajstić information content (AvgIpc) is 3.05. The lowest BCUT2D eigenvalue weighted by Gasteiger charge is -2.11. The lowest BCUT2D eigenvalue weighted by Crippen LogP contribution is -2.38. The van der Waals surface area contributed by atoms with Gasteiger partial charge in [-0.15, -0.1) is 11.3 Å². The van der Waals surface area contributed by atoms with Crippen molar-refractivity contribution < 1.29 is 4.79 Å². The molecule has 0 aliphatic rings. The second-order valence-corrected chi connectivity index (χ2v) is 6.39. The minimum atomic E-state index is -0.140. The van der Waals surface area contributed by atoms with Crippen molar-refractivity contribution in [2.24, 2.45) is 7.05 Å². The van der Waals surface area contributed by atoms with Crippen LogP contribution in [-0.4, -0.2) is 33.9 Å². The number of amides is 2. The molecule has 6 nitrogen and oxygen atoms in total. The van der Waals surface area contributed by atoms with Crippen molar-refractivity contribution in [1.29, 1.82) is 0 Å². The molecule has 7 heteroatoms. The van der Waals surface area contributed by atoms with Gasteiger partial charge in [0.05, 0.1) is 11.2 Å². The standard InChI is InChI=1S/C14H21N5OS/c1-10(13-16-7-11(2)21-13)6-17-14(20)15-5-4-12-8-18-19(3)9-12/h7-10H,4-6H2,1-3H3,(H2,15,17,20)/t10-/m1/s1. The first-order valence-electron chi connectivity index (χ1n) is 6.96. The van der Waals surface area contributed by atoms with Crippen LogP contribution in [0.5, 0.6) is 0 Å². The number of hydrogen-bond donors (Lipinski definition) is 2. The van der Waals surface area contributed by atoms with Crippen molar-refractivity contribution >= 4 is 17.4 Å². The maximum absolute atomic E-state index is 11.7. The molecule has 1 atom stereocenters. The molecule has 0 aliphatic carbocycles. The smallest absolute Gasteiger partial charge is 0.314 e. The van der Waals surface area contributed by atoms with Crippen LogP contribution in [0.1, 0.15) is 28.3 Å². The molecule has 2 amide bonds. The van der Waals surface area contributed by atoms with Crippen molar-refractivity contribution in [2.75, 3.05) is 13.1 Å². The van der Waals surface area contributed by atoms with E-state index in [9.17, 15) is 4.79 Å². The number of nitrogens with zero attached hydrogens (tertiary/aromatic N) is 3. The SMILES string of the molecule is Cc1cnc([C@H](C)CNC(=O)NCCc2cnn(C)c2)s1. The molecular formula is C14H21N5OS. The molecule has 2 aromatic rings. The number of rotatable bonds is 6. The Morgan fingerprint density at radius 3 is 2.86 bits per heavy atom. The number of thiazole rings is 1. The van der Waals surface area contributed by atoms with Gasteiger partial charge >= 0.3 is 6.03 Å². The van der Waals surface area contributed by atoms with E-state index in [1.54, 1.807) is 16.0 Å². The summed E-state index contributed by atoms with van der Waals surface area (Å²) in [6, 6.07) is -0.140. The summed E-state index contributed by atoms with van der Waals surface area (Å²) in [7, 11) is 1.88. The van der Waals surface area contributed by atoms with E-state index in [1.807, 2.05) is 32.6 Å². The van der Waals surface area contributed by atoms with E-state index in [4.69, 9.17) is 0 Å². The summed E-state index contributed by atoms with van der Waals surface area (Å²) in [5.74, 6) is 0.229. The minimum absolute atomic E-state index is 0.140. The average molecular weight is 307 g/mol. The molecule has 0 saturated heterocycles. The van der Waals surface area contributed by atoms with Gasteiger partial charge in [-0.05, 0) is 18.9 Å². The van der Waals surface area contributed by atoms with Crippen molar-refractivity contribution in [3.63, 3.8) is 0 Å². The minimum Gasteiger partial charge on any atom is -0.338 e. The van der Waals surface area contributed by atoms with Gasteiger partial charge in [0.25, 0.3) is 0 Å². The Balaban J connectivity index is 1.65. The van der Waals surface area contributed by atoms with E-state index in [-0.39, 0.29) is 11.9 Å². The van der Waals surface area contributed by atoms with Gasteiger partial charge in [-0.3, -0.25) is 4.68 Å². The van der Waals surface area contributed by atoms with E-state index in [0.29, 0.717) is 13.1 Å². The third-order valence-electron chi connectivity index (χ3n) is 3.09. The Bertz CT molecular complexity index is 592. The highest BCUT2D eigenvalue weighted by Gasteiger charge is 2.10. The fraction of sp³-hybridized carbons (Fsp3) is 0.500. The fourth-order valence-corrected chi connectivity index (χ4v) is 2.74. The maximum Gasteiger partial charge on any atom is 0.314 e. The number of hydrogen-bond acceptors (Lipinski definition) is 4. The van der Waals surface area contributed by atoms with E-state index in [0.717, 1.165) is 17.0 Å². The largest absolute Gasteiger partial charge is 0.338 e. The molecular weight excluding hydrogens is 286 g/mol. The van der Waals surface area contributed by atoms with Crippen LogP contribution < -0.4 is 10.6 Å². The highest BCUT2D eigenvalue weighted by atomic mass is 32.1. The van der Waals surface area contributed by atoms with Gasteiger partial charge in [0.2, 0.25) is 0 Å². The molecule has 114 valence electrons. The molecule has 0 bridgehead atoms. The van der Waals surface area contributed by atoms with Gasteiger partial charge in [0.15, 0.2) is 0 Å². The van der Waals surface area contributed by atoms with Gasteiger partial charge < -0.3 is 10.6 Å². The normalized spacial score (nSPS) is 12.1. The van der Waals surface area contributed by atoms with Crippen molar-refractivity contribution in [1.82, 2.24) is 25.4 Å². The van der Waals surface area contributed by atoms with Crippen molar-refractivity contribution in [3.8, 4) is 0 Å². The van der Waals surface area contributed by atoms with Crippen LogP contribution in [-0.2, 0) is 13.5 Å². The van der Waals surface area contributed by atoms with Crippen molar-refractivity contribution in [2.45, 2.75) is 26.2 Å². The van der Waals surface area contributed by atoms with E-state index in [2.05, 4.69) is 27.6 Å². The van der Waals surface area contributed by atoms with Gasteiger partial charge in [0, 0.05) is 43.3 Å². The van der Waals surface area contributed by atoms with Crippen LogP contribution >= 0.6 is 11.3 Å². The number of nitrogens with one attached hydrogen (secondary N) is 2. The van der Waals surface area contributed by atoms with Crippen molar-refractivity contribution in [3.05, 3.63) is 34.0 Å². The van der Waals surface area contributed by atoms with Crippen LogP contribution in [0.3, 0.4) is 0 Å². The van der Waals surface area contributed by atoms with E-state index >= 15 is 0 Å². The third kappa shape index (κ3) is 4.86. The molecule has 0 fully saturated rings. The highest BCUT2D eigenvalue weighted by molar-refractivity contribution is 7.11. The summed E-state index contributed by atoms with van der Waals surface area (Å²) in [6.45, 7) is 5.29. The first-order valence-corrected chi connectivity index (χ1v) is 7.78. The fourth-order valence-electron chi connectivity index (χ4n) is 1.92. The first kappa shape index (κ1) is 15.5. The van der Waals surface area contributed by atoms with Gasteiger partial charge in [-0.25, -0.2) is 9.78 Å². The van der Waals surface area contributed by atoms with E-state index < -0.39 is 0 Å². The Labute approximate surface area is 128 Å². The number of carbonyl (C=O) groups excluding carboxylic acids is 1. The summed E-state index contributed by atoms with van der Waals surface area (Å²) >= 11 is 1.67. The van der Waals surface area contributed by atoms with Gasteiger partial charge in [0.1, 0.15) is 0 Å². The zero-order valence-electron chi connectivity index (χ0n) is 12.6. The summed E-state index contributed by atoms with van der Waals surface area (Å²) in [5.41, 5.74) is 1.12. The summed E-state index contributed by atoms with van der Waals surface area (Å²) in [6.07, 6.45) is 6.41. The molecule has 2 heterocycles. The molecule has 0 unspecified atom stereocenters. The Kier molecular flexibility index (Phi) is 5.32. The summed E-state index contributed by atoms with van der Waals surface area (Å²) in [5, 5.41) is 10.9. The van der Waals surface area contributed by atoms with Crippen LogP contribution in [0.4, 0.5) is 4.79 Å². The first-order chi connectivity index (χ1) is 10.0. The third-order valence-corrected chi connectivity index (χ3v) is 4.23. The number of aryl methyl sites for hydroxylation is 2. The molecule has 2 N–H and O–H groups in total. The number of urea groups is 1. The Hall–Kier alpha value is -1.89.